The van der Waals surface area contributed by atoms with Crippen LogP contribution < -0.4 is 5.32 Å². The fourth-order valence-corrected chi connectivity index (χ4v) is 4.33. The number of carbonyl (C=O) groups excluding carboxylic acids is 1. The molecule has 1 amide bonds. The summed E-state index contributed by atoms with van der Waals surface area (Å²) in [6, 6.07) is 4.63. The second-order valence-corrected chi connectivity index (χ2v) is 8.33. The summed E-state index contributed by atoms with van der Waals surface area (Å²) in [6.07, 6.45) is -1.12. The molecule has 1 aliphatic carbocycles. The van der Waals surface area contributed by atoms with Crippen molar-refractivity contribution in [3.63, 3.8) is 0 Å². The summed E-state index contributed by atoms with van der Waals surface area (Å²) in [7, 11) is 1.17. The minimum absolute atomic E-state index is 0.184. The normalized spacial score (nSPS) is 19.7. The van der Waals surface area contributed by atoms with Gasteiger partial charge in [0.15, 0.2) is 5.69 Å². The van der Waals surface area contributed by atoms with Crippen LogP contribution in [-0.2, 0) is 13.2 Å². The van der Waals surface area contributed by atoms with Crippen LogP contribution in [0.5, 0.6) is 0 Å². The van der Waals surface area contributed by atoms with E-state index in [1.807, 2.05) is 17.5 Å². The molecule has 1 aliphatic rings. The van der Waals surface area contributed by atoms with E-state index in [0.29, 0.717) is 23.0 Å². The number of aryl methyl sites for hydroxylation is 1. The molecule has 3 heterocycles. The van der Waals surface area contributed by atoms with Crippen molar-refractivity contribution >= 4 is 17.2 Å². The van der Waals surface area contributed by atoms with Crippen LogP contribution in [0.1, 0.15) is 53.7 Å². The molecule has 0 radical (unpaired) electrons. The molecule has 0 aromatic carbocycles. The number of nitrogens with one attached hydrogen (secondary N) is 1. The van der Waals surface area contributed by atoms with Crippen molar-refractivity contribution in [2.75, 3.05) is 6.54 Å². The lowest BCUT2D eigenvalue weighted by atomic mass is 9.82. The zero-order chi connectivity index (χ0) is 21.3. The zero-order valence-corrected chi connectivity index (χ0v) is 17.0. The molecule has 0 spiro atoms. The Morgan fingerprint density at radius 3 is 2.70 bits per heavy atom. The van der Waals surface area contributed by atoms with Gasteiger partial charge in [-0.3, -0.25) is 9.48 Å². The van der Waals surface area contributed by atoms with Crippen LogP contribution >= 0.6 is 11.3 Å². The summed E-state index contributed by atoms with van der Waals surface area (Å²) in [6.45, 7) is 0.397. The molecule has 1 saturated carbocycles. The molecule has 30 heavy (non-hydrogen) atoms. The molecule has 1 fully saturated rings. The average Bonchev–Trinajstić information content (AvgIpc) is 3.45. The van der Waals surface area contributed by atoms with Crippen LogP contribution in [0, 0.1) is 5.92 Å². The topological polar surface area (TPSA) is 85.8 Å². The average molecular weight is 439 g/mol. The van der Waals surface area contributed by atoms with Crippen molar-refractivity contribution in [2.45, 2.75) is 37.8 Å². The predicted molar refractivity (Wildman–Crippen MR) is 103 cm³/mol. The Labute approximate surface area is 174 Å². The third kappa shape index (κ3) is 4.40. The van der Waals surface area contributed by atoms with Gasteiger partial charge >= 0.3 is 6.18 Å². The largest absolute Gasteiger partial charge is 0.433 e. The van der Waals surface area contributed by atoms with E-state index in [2.05, 4.69) is 20.6 Å². The first-order chi connectivity index (χ1) is 14.3. The quantitative estimate of drug-likeness (QED) is 0.642. The zero-order valence-electron chi connectivity index (χ0n) is 16.1. The minimum atomic E-state index is -4.54. The van der Waals surface area contributed by atoms with Crippen LogP contribution in [0.25, 0.3) is 10.8 Å². The summed E-state index contributed by atoms with van der Waals surface area (Å²) in [4.78, 5) is 13.1. The Bertz CT molecular complexity index is 1000. The number of thiophene rings is 1. The van der Waals surface area contributed by atoms with Crippen LogP contribution in [-0.4, -0.2) is 32.4 Å². The maximum absolute atomic E-state index is 12.9. The smallest absolute Gasteiger partial charge is 0.420 e. The number of halogens is 3. The van der Waals surface area contributed by atoms with Gasteiger partial charge in [0.25, 0.3) is 11.8 Å². The van der Waals surface area contributed by atoms with Gasteiger partial charge in [0.05, 0.1) is 4.88 Å². The standard InChI is InChI=1S/C19H20F3N5O2S/c1-27-15(19(20,21)22)9-13(26-27)16(28)23-10-11-4-6-12(7-5-11)17-24-25-18(29-17)14-3-2-8-30-14/h2-3,8-9,11-12H,4-7,10H2,1H3,(H,23,28). The molecule has 11 heteroatoms. The van der Waals surface area contributed by atoms with Gasteiger partial charge in [-0.05, 0) is 43.0 Å². The summed E-state index contributed by atoms with van der Waals surface area (Å²) in [5.41, 5.74) is -1.18. The SMILES string of the molecule is Cn1nc(C(=O)NCC2CCC(c3nnc(-c4cccs4)o3)CC2)cc1C(F)(F)F. The summed E-state index contributed by atoms with van der Waals surface area (Å²) < 4.78 is 45.0. The van der Waals surface area contributed by atoms with Gasteiger partial charge in [-0.2, -0.15) is 18.3 Å². The molecule has 4 rings (SSSR count). The molecule has 0 unspecified atom stereocenters. The minimum Gasteiger partial charge on any atom is -0.420 e. The first-order valence-electron chi connectivity index (χ1n) is 9.58. The molecule has 1 N–H and O–H groups in total. The van der Waals surface area contributed by atoms with Gasteiger partial charge < -0.3 is 9.73 Å². The van der Waals surface area contributed by atoms with Crippen LogP contribution in [0.15, 0.2) is 28.0 Å². The van der Waals surface area contributed by atoms with E-state index in [1.165, 1.54) is 7.05 Å². The molecule has 3 aromatic heterocycles. The second-order valence-electron chi connectivity index (χ2n) is 7.39. The Morgan fingerprint density at radius 1 is 1.30 bits per heavy atom. The lowest BCUT2D eigenvalue weighted by Crippen LogP contribution is -2.31. The summed E-state index contributed by atoms with van der Waals surface area (Å²) in [5, 5.41) is 16.6. The number of hydrogen-bond acceptors (Lipinski definition) is 6. The summed E-state index contributed by atoms with van der Waals surface area (Å²) in [5.74, 6) is 0.997. The van der Waals surface area contributed by atoms with E-state index >= 15 is 0 Å². The van der Waals surface area contributed by atoms with E-state index in [1.54, 1.807) is 11.3 Å². The molecule has 0 saturated heterocycles. The first-order valence-corrected chi connectivity index (χ1v) is 10.5. The van der Waals surface area contributed by atoms with Crippen molar-refractivity contribution in [1.82, 2.24) is 25.3 Å². The van der Waals surface area contributed by atoms with Crippen LogP contribution in [0.4, 0.5) is 13.2 Å². The Kier molecular flexibility index (Phi) is 5.63. The maximum atomic E-state index is 12.9. The van der Waals surface area contributed by atoms with E-state index < -0.39 is 17.8 Å². The van der Waals surface area contributed by atoms with Gasteiger partial charge in [0.2, 0.25) is 5.89 Å². The highest BCUT2D eigenvalue weighted by Crippen LogP contribution is 2.36. The molecule has 0 aliphatic heterocycles. The second kappa shape index (κ2) is 8.21. The number of aromatic nitrogens is 4. The third-order valence-corrected chi connectivity index (χ3v) is 6.18. The van der Waals surface area contributed by atoms with E-state index in [4.69, 9.17) is 4.42 Å². The van der Waals surface area contributed by atoms with Crippen LogP contribution in [0.2, 0.25) is 0 Å². The van der Waals surface area contributed by atoms with E-state index in [9.17, 15) is 18.0 Å². The molecular weight excluding hydrogens is 419 g/mol. The van der Waals surface area contributed by atoms with Gasteiger partial charge in [0, 0.05) is 25.6 Å². The highest BCUT2D eigenvalue weighted by molar-refractivity contribution is 7.13. The Balaban J connectivity index is 1.28. The van der Waals surface area contributed by atoms with Crippen LogP contribution in [0.3, 0.4) is 0 Å². The van der Waals surface area contributed by atoms with Crippen molar-refractivity contribution in [2.24, 2.45) is 13.0 Å². The van der Waals surface area contributed by atoms with Crippen molar-refractivity contribution in [1.29, 1.82) is 0 Å². The highest BCUT2D eigenvalue weighted by Gasteiger charge is 2.36. The Morgan fingerprint density at radius 2 is 2.07 bits per heavy atom. The number of nitrogens with zero attached hydrogens (tertiary/aromatic N) is 4. The molecule has 3 aromatic rings. The predicted octanol–water partition coefficient (Wildman–Crippen LogP) is 4.25. The number of rotatable bonds is 5. The van der Waals surface area contributed by atoms with Crippen molar-refractivity contribution in [3.05, 3.63) is 40.9 Å². The number of alkyl halides is 3. The molecule has 160 valence electrons. The van der Waals surface area contributed by atoms with Gasteiger partial charge in [-0.15, -0.1) is 21.5 Å². The van der Waals surface area contributed by atoms with E-state index in [-0.39, 0.29) is 17.5 Å². The lowest BCUT2D eigenvalue weighted by molar-refractivity contribution is -0.143. The van der Waals surface area contributed by atoms with Gasteiger partial charge in [-0.25, -0.2) is 0 Å². The van der Waals surface area contributed by atoms with Gasteiger partial charge in [-0.1, -0.05) is 6.07 Å². The van der Waals surface area contributed by atoms with Gasteiger partial charge in [0.1, 0.15) is 5.69 Å². The summed E-state index contributed by atoms with van der Waals surface area (Å²) >= 11 is 1.54. The highest BCUT2D eigenvalue weighted by atomic mass is 32.1. The molecule has 7 nitrogen and oxygen atoms in total. The van der Waals surface area contributed by atoms with Crippen molar-refractivity contribution < 1.29 is 22.4 Å². The molecular formula is C19H20F3N5O2S. The fraction of sp³-hybridized carbons (Fsp3) is 0.474. The number of amides is 1. The van der Waals surface area contributed by atoms with E-state index in [0.717, 1.165) is 36.6 Å². The third-order valence-electron chi connectivity index (χ3n) is 5.32. The number of hydrogen-bond donors (Lipinski definition) is 1. The number of carbonyl (C=O) groups is 1. The maximum Gasteiger partial charge on any atom is 0.433 e. The first kappa shape index (κ1) is 20.6. The fourth-order valence-electron chi connectivity index (χ4n) is 3.68. The van der Waals surface area contributed by atoms with Crippen molar-refractivity contribution in [3.8, 4) is 10.8 Å². The molecule has 0 bridgehead atoms. The Hall–Kier alpha value is -2.69. The monoisotopic (exact) mass is 439 g/mol. The molecule has 0 atom stereocenters. The lowest BCUT2D eigenvalue weighted by Gasteiger charge is -2.26.